The third-order valence-electron chi connectivity index (χ3n) is 2.48. The first-order valence-electron chi connectivity index (χ1n) is 5.28. The van der Waals surface area contributed by atoms with E-state index in [1.54, 1.807) is 24.5 Å². The molecule has 2 heterocycles. The second-order valence-electron chi connectivity index (χ2n) is 3.76. The highest BCUT2D eigenvalue weighted by atomic mass is 19.1. The predicted octanol–water partition coefficient (Wildman–Crippen LogP) is 3.63. The summed E-state index contributed by atoms with van der Waals surface area (Å²) in [5, 5.41) is 0.752. The lowest BCUT2D eigenvalue weighted by molar-refractivity contribution is 0.473. The van der Waals surface area contributed by atoms with Crippen molar-refractivity contribution in [3.8, 4) is 11.5 Å². The van der Waals surface area contributed by atoms with Crippen LogP contribution in [0.1, 0.15) is 0 Å². The minimum atomic E-state index is -0.677. The van der Waals surface area contributed by atoms with Gasteiger partial charge >= 0.3 is 0 Å². The van der Waals surface area contributed by atoms with Crippen LogP contribution < -0.4 is 4.74 Å². The molecule has 0 aliphatic carbocycles. The fraction of sp³-hybridized carbons (Fsp3) is 0. The summed E-state index contributed by atoms with van der Waals surface area (Å²) in [5.41, 5.74) is 0.657. The van der Waals surface area contributed by atoms with Crippen molar-refractivity contribution < 1.29 is 13.5 Å². The molecule has 18 heavy (non-hydrogen) atoms. The molecule has 90 valence electrons. The monoisotopic (exact) mass is 246 g/mol. The van der Waals surface area contributed by atoms with Gasteiger partial charge in [-0.05, 0) is 12.1 Å². The van der Waals surface area contributed by atoms with Gasteiger partial charge in [-0.25, -0.2) is 13.8 Å². The maximum Gasteiger partial charge on any atom is 0.140 e. The molecule has 0 saturated carbocycles. The average molecular weight is 246 g/mol. The molecule has 0 aliphatic rings. The molecular weight excluding hydrogens is 238 g/mol. The summed E-state index contributed by atoms with van der Waals surface area (Å²) in [7, 11) is 0. The van der Waals surface area contributed by atoms with E-state index in [2.05, 4.69) is 9.97 Å². The number of ether oxygens (including phenoxy) is 1. The number of halogens is 2. The Kier molecular flexibility index (Phi) is 2.44. The molecule has 0 bridgehead atoms. The van der Waals surface area contributed by atoms with Crippen molar-refractivity contribution >= 4 is 11.0 Å². The largest absolute Gasteiger partial charge is 0.456 e. The Labute approximate surface area is 101 Å². The molecule has 1 N–H and O–H groups in total. The molecule has 5 heteroatoms. The lowest BCUT2D eigenvalue weighted by Crippen LogP contribution is -1.88. The van der Waals surface area contributed by atoms with Crippen LogP contribution in [0.2, 0.25) is 0 Å². The number of H-pyrrole nitrogens is 1. The van der Waals surface area contributed by atoms with Gasteiger partial charge in [0.05, 0.1) is 5.39 Å². The molecule has 3 nitrogen and oxygen atoms in total. The molecule has 0 radical (unpaired) electrons. The van der Waals surface area contributed by atoms with Crippen molar-refractivity contribution in [2.45, 2.75) is 0 Å². The van der Waals surface area contributed by atoms with Gasteiger partial charge in [-0.15, -0.1) is 0 Å². The highest BCUT2D eigenvalue weighted by molar-refractivity contribution is 5.82. The van der Waals surface area contributed by atoms with E-state index in [1.165, 1.54) is 0 Å². The van der Waals surface area contributed by atoms with Gasteiger partial charge in [-0.2, -0.15) is 0 Å². The summed E-state index contributed by atoms with van der Waals surface area (Å²) in [5.74, 6) is -0.749. The topological polar surface area (TPSA) is 37.9 Å². The zero-order chi connectivity index (χ0) is 12.5. The molecule has 2 aromatic heterocycles. The van der Waals surface area contributed by atoms with Crippen LogP contribution in [0.4, 0.5) is 8.78 Å². The average Bonchev–Trinajstić information content (AvgIpc) is 2.76. The van der Waals surface area contributed by atoms with Crippen LogP contribution in [0.5, 0.6) is 11.5 Å². The third kappa shape index (κ3) is 1.90. The van der Waals surface area contributed by atoms with E-state index >= 15 is 0 Å². The maximum atomic E-state index is 13.0. The lowest BCUT2D eigenvalue weighted by atomic mass is 10.3. The van der Waals surface area contributed by atoms with E-state index in [0.29, 0.717) is 11.4 Å². The van der Waals surface area contributed by atoms with Gasteiger partial charge in [-0.1, -0.05) is 0 Å². The summed E-state index contributed by atoms with van der Waals surface area (Å²) in [6, 6.07) is 6.47. The number of pyridine rings is 1. The zero-order valence-corrected chi connectivity index (χ0v) is 9.15. The van der Waals surface area contributed by atoms with E-state index in [-0.39, 0.29) is 5.75 Å². The van der Waals surface area contributed by atoms with E-state index in [4.69, 9.17) is 4.74 Å². The fourth-order valence-electron chi connectivity index (χ4n) is 1.74. The highest BCUT2D eigenvalue weighted by Gasteiger charge is 2.07. The minimum absolute atomic E-state index is 0.112. The van der Waals surface area contributed by atoms with Crippen molar-refractivity contribution in [3.63, 3.8) is 0 Å². The molecule has 3 aromatic rings. The van der Waals surface area contributed by atoms with Crippen molar-refractivity contribution in [2.75, 3.05) is 0 Å². The smallest absolute Gasteiger partial charge is 0.140 e. The first kappa shape index (κ1) is 10.7. The normalized spacial score (nSPS) is 10.8. The molecule has 0 fully saturated rings. The van der Waals surface area contributed by atoms with Crippen LogP contribution in [0.3, 0.4) is 0 Å². The molecule has 0 amide bonds. The molecule has 1 aromatic carbocycles. The zero-order valence-electron chi connectivity index (χ0n) is 9.15. The first-order valence-corrected chi connectivity index (χ1v) is 5.28. The van der Waals surface area contributed by atoms with Gasteiger partial charge < -0.3 is 9.72 Å². The van der Waals surface area contributed by atoms with Gasteiger partial charge in [0.2, 0.25) is 0 Å². The maximum absolute atomic E-state index is 13.0. The van der Waals surface area contributed by atoms with Gasteiger partial charge in [-0.3, -0.25) is 0 Å². The highest BCUT2D eigenvalue weighted by Crippen LogP contribution is 2.28. The molecule has 0 spiro atoms. The van der Waals surface area contributed by atoms with Crippen molar-refractivity contribution in [1.29, 1.82) is 0 Å². The van der Waals surface area contributed by atoms with Gasteiger partial charge in [0.15, 0.2) is 0 Å². The number of aromatic nitrogens is 2. The van der Waals surface area contributed by atoms with Gasteiger partial charge in [0.1, 0.15) is 28.8 Å². The van der Waals surface area contributed by atoms with Gasteiger partial charge in [0, 0.05) is 30.6 Å². The van der Waals surface area contributed by atoms with Gasteiger partial charge in [0.25, 0.3) is 0 Å². The molecule has 0 aliphatic heterocycles. The quantitative estimate of drug-likeness (QED) is 0.749. The number of fused-ring (bicyclic) bond motifs is 1. The van der Waals surface area contributed by atoms with Crippen molar-refractivity contribution in [1.82, 2.24) is 9.97 Å². The van der Waals surface area contributed by atoms with Crippen LogP contribution in [0, 0.1) is 11.6 Å². The Bertz CT molecular complexity index is 689. The standard InChI is InChI=1S/C13H8F2N2O/c14-8-5-9(15)7-10(6-8)18-12-2-4-17-13-11(12)1-3-16-13/h1-7H,(H,16,17). The molecule has 0 saturated heterocycles. The summed E-state index contributed by atoms with van der Waals surface area (Å²) in [6.07, 6.45) is 3.28. The number of rotatable bonds is 2. The summed E-state index contributed by atoms with van der Waals surface area (Å²) < 4.78 is 31.6. The first-order chi connectivity index (χ1) is 8.72. The number of hydrogen-bond acceptors (Lipinski definition) is 2. The van der Waals surface area contributed by atoms with Crippen molar-refractivity contribution in [3.05, 3.63) is 54.4 Å². The Morgan fingerprint density at radius 3 is 2.61 bits per heavy atom. The Balaban J connectivity index is 2.03. The lowest BCUT2D eigenvalue weighted by Gasteiger charge is -2.06. The molecule has 0 atom stereocenters. The van der Waals surface area contributed by atoms with Crippen LogP contribution in [-0.2, 0) is 0 Å². The fourth-order valence-corrected chi connectivity index (χ4v) is 1.74. The van der Waals surface area contributed by atoms with E-state index in [9.17, 15) is 8.78 Å². The second kappa shape index (κ2) is 4.10. The summed E-state index contributed by atoms with van der Waals surface area (Å²) in [6.45, 7) is 0. The van der Waals surface area contributed by atoms with E-state index in [0.717, 1.165) is 23.6 Å². The summed E-state index contributed by atoms with van der Waals surface area (Å²) in [4.78, 5) is 7.02. The van der Waals surface area contributed by atoms with Crippen LogP contribution in [0.25, 0.3) is 11.0 Å². The van der Waals surface area contributed by atoms with Crippen LogP contribution in [-0.4, -0.2) is 9.97 Å². The van der Waals surface area contributed by atoms with E-state index in [1.807, 2.05) is 0 Å². The third-order valence-corrected chi connectivity index (χ3v) is 2.48. The predicted molar refractivity (Wildman–Crippen MR) is 62.5 cm³/mol. The Morgan fingerprint density at radius 2 is 1.83 bits per heavy atom. The van der Waals surface area contributed by atoms with Crippen molar-refractivity contribution in [2.24, 2.45) is 0 Å². The van der Waals surface area contributed by atoms with Crippen LogP contribution >= 0.6 is 0 Å². The Hall–Kier alpha value is -2.43. The number of nitrogens with zero attached hydrogens (tertiary/aromatic N) is 1. The van der Waals surface area contributed by atoms with Crippen LogP contribution in [0.15, 0.2) is 42.7 Å². The minimum Gasteiger partial charge on any atom is -0.456 e. The number of benzene rings is 1. The number of nitrogens with one attached hydrogen (secondary N) is 1. The molecular formula is C13H8F2N2O. The molecule has 3 rings (SSSR count). The SMILES string of the molecule is Fc1cc(F)cc(Oc2ccnc3[nH]ccc23)c1. The second-order valence-corrected chi connectivity index (χ2v) is 3.76. The molecule has 0 unspecified atom stereocenters. The number of aromatic amines is 1. The number of hydrogen-bond donors (Lipinski definition) is 1. The summed E-state index contributed by atoms with van der Waals surface area (Å²) >= 11 is 0. The van der Waals surface area contributed by atoms with E-state index < -0.39 is 11.6 Å². The Morgan fingerprint density at radius 1 is 1.06 bits per heavy atom.